The molecule has 94 valence electrons. The Morgan fingerprint density at radius 2 is 1.94 bits per heavy atom. The van der Waals surface area contributed by atoms with Crippen LogP contribution in [0.3, 0.4) is 0 Å². The second-order valence-electron chi connectivity index (χ2n) is 3.91. The van der Waals surface area contributed by atoms with Gasteiger partial charge in [0.15, 0.2) is 0 Å². The Balaban J connectivity index is 2.39. The summed E-state index contributed by atoms with van der Waals surface area (Å²) in [6.07, 6.45) is 3.25. The Morgan fingerprint density at radius 3 is 2.56 bits per heavy atom. The molecular weight excluding hydrogens is 253 g/mol. The molecule has 5 heteroatoms. The molecule has 0 amide bonds. The van der Waals surface area contributed by atoms with E-state index in [0.717, 1.165) is 6.54 Å². The van der Waals surface area contributed by atoms with Crippen LogP contribution in [0, 0.1) is 12.7 Å². The minimum atomic E-state index is -0.287. The number of nitrogens with zero attached hydrogens (tertiary/aromatic N) is 2. The number of aryl methyl sites for hydroxylation is 1. The average molecular weight is 266 g/mol. The molecule has 0 aliphatic carbocycles. The molecule has 2 rings (SSSR count). The van der Waals surface area contributed by atoms with Gasteiger partial charge < -0.3 is 5.32 Å². The van der Waals surface area contributed by atoms with E-state index in [1.54, 1.807) is 25.4 Å². The molecule has 0 aliphatic heterocycles. The molecule has 0 fully saturated rings. The third kappa shape index (κ3) is 2.59. The van der Waals surface area contributed by atoms with Crippen molar-refractivity contribution in [3.8, 4) is 11.1 Å². The van der Waals surface area contributed by atoms with Crippen molar-refractivity contribution in [2.45, 2.75) is 13.8 Å². The first kappa shape index (κ1) is 12.8. The van der Waals surface area contributed by atoms with Crippen molar-refractivity contribution in [1.82, 2.24) is 9.97 Å². The van der Waals surface area contributed by atoms with Gasteiger partial charge in [-0.05, 0) is 31.5 Å². The molecule has 0 aliphatic rings. The van der Waals surface area contributed by atoms with Crippen molar-refractivity contribution in [3.05, 3.63) is 40.9 Å². The average Bonchev–Trinajstić information content (AvgIpc) is 2.35. The molecule has 1 heterocycles. The Kier molecular flexibility index (Phi) is 3.77. The van der Waals surface area contributed by atoms with Crippen LogP contribution in [0.1, 0.15) is 12.5 Å². The standard InChI is InChI=1S/C13H13ClFN3/c1-3-16-13-17-6-9(7-18-13)10-5-12(15)8(2)4-11(10)14/h4-7H,3H2,1-2H3,(H,16,17,18). The van der Waals surface area contributed by atoms with Gasteiger partial charge in [-0.1, -0.05) is 11.6 Å². The van der Waals surface area contributed by atoms with Crippen LogP contribution in [0.2, 0.25) is 5.02 Å². The lowest BCUT2D eigenvalue weighted by atomic mass is 10.1. The molecular formula is C13H13ClFN3. The topological polar surface area (TPSA) is 37.8 Å². The monoisotopic (exact) mass is 265 g/mol. The van der Waals surface area contributed by atoms with Crippen LogP contribution >= 0.6 is 11.6 Å². The highest BCUT2D eigenvalue weighted by Gasteiger charge is 2.09. The van der Waals surface area contributed by atoms with Gasteiger partial charge in [0.2, 0.25) is 5.95 Å². The van der Waals surface area contributed by atoms with Crippen LogP contribution in [0.15, 0.2) is 24.5 Å². The summed E-state index contributed by atoms with van der Waals surface area (Å²) in [6, 6.07) is 3.01. The number of hydrogen-bond acceptors (Lipinski definition) is 3. The summed E-state index contributed by atoms with van der Waals surface area (Å²) in [6.45, 7) is 4.39. The van der Waals surface area contributed by atoms with E-state index in [1.807, 2.05) is 6.92 Å². The van der Waals surface area contributed by atoms with Gasteiger partial charge in [-0.3, -0.25) is 0 Å². The molecule has 1 N–H and O–H groups in total. The Morgan fingerprint density at radius 1 is 1.28 bits per heavy atom. The van der Waals surface area contributed by atoms with Crippen LogP contribution in [0.4, 0.5) is 10.3 Å². The van der Waals surface area contributed by atoms with Crippen LogP contribution in [0.25, 0.3) is 11.1 Å². The summed E-state index contributed by atoms with van der Waals surface area (Å²) in [4.78, 5) is 8.27. The highest BCUT2D eigenvalue weighted by molar-refractivity contribution is 6.33. The first-order valence-electron chi connectivity index (χ1n) is 5.63. The zero-order chi connectivity index (χ0) is 13.1. The molecule has 3 nitrogen and oxygen atoms in total. The van der Waals surface area contributed by atoms with E-state index in [9.17, 15) is 4.39 Å². The molecule has 0 atom stereocenters. The predicted octanol–water partition coefficient (Wildman–Crippen LogP) is 3.68. The fourth-order valence-electron chi connectivity index (χ4n) is 1.58. The van der Waals surface area contributed by atoms with Crippen LogP contribution in [-0.2, 0) is 0 Å². The van der Waals surface area contributed by atoms with Crippen molar-refractivity contribution in [2.24, 2.45) is 0 Å². The smallest absolute Gasteiger partial charge is 0.222 e. The molecule has 0 spiro atoms. The Hall–Kier alpha value is -1.68. The molecule has 0 saturated carbocycles. The minimum Gasteiger partial charge on any atom is -0.355 e. The first-order valence-corrected chi connectivity index (χ1v) is 6.01. The van der Waals surface area contributed by atoms with E-state index in [1.165, 1.54) is 6.07 Å². The highest BCUT2D eigenvalue weighted by atomic mass is 35.5. The van der Waals surface area contributed by atoms with E-state index in [0.29, 0.717) is 27.7 Å². The third-order valence-corrected chi connectivity index (χ3v) is 2.86. The normalized spacial score (nSPS) is 10.4. The van der Waals surface area contributed by atoms with Crippen LogP contribution in [0.5, 0.6) is 0 Å². The van der Waals surface area contributed by atoms with E-state index in [2.05, 4.69) is 15.3 Å². The summed E-state index contributed by atoms with van der Waals surface area (Å²) in [5.41, 5.74) is 1.82. The van der Waals surface area contributed by atoms with Crippen molar-refractivity contribution < 1.29 is 4.39 Å². The molecule has 0 unspecified atom stereocenters. The van der Waals surface area contributed by atoms with Crippen molar-refractivity contribution >= 4 is 17.5 Å². The predicted molar refractivity (Wildman–Crippen MR) is 71.3 cm³/mol. The quantitative estimate of drug-likeness (QED) is 0.920. The number of halogens is 2. The number of rotatable bonds is 3. The number of anilines is 1. The van der Waals surface area contributed by atoms with E-state index in [4.69, 9.17) is 11.6 Å². The first-order chi connectivity index (χ1) is 8.61. The summed E-state index contributed by atoms with van der Waals surface area (Å²) >= 11 is 6.10. The molecule has 0 radical (unpaired) electrons. The van der Waals surface area contributed by atoms with E-state index in [-0.39, 0.29) is 5.82 Å². The second kappa shape index (κ2) is 5.31. The number of benzene rings is 1. The zero-order valence-corrected chi connectivity index (χ0v) is 10.9. The number of hydrogen-bond donors (Lipinski definition) is 1. The lowest BCUT2D eigenvalue weighted by Gasteiger charge is -2.07. The summed E-state index contributed by atoms with van der Waals surface area (Å²) in [5.74, 6) is 0.259. The maximum absolute atomic E-state index is 13.5. The maximum Gasteiger partial charge on any atom is 0.222 e. The van der Waals surface area contributed by atoms with E-state index >= 15 is 0 Å². The lowest BCUT2D eigenvalue weighted by Crippen LogP contribution is -2.01. The Bertz CT molecular complexity index is 555. The lowest BCUT2D eigenvalue weighted by molar-refractivity contribution is 0.619. The van der Waals surface area contributed by atoms with Gasteiger partial charge in [0.05, 0.1) is 0 Å². The largest absolute Gasteiger partial charge is 0.355 e. The van der Waals surface area contributed by atoms with Gasteiger partial charge >= 0.3 is 0 Å². The summed E-state index contributed by atoms with van der Waals surface area (Å²) < 4.78 is 13.5. The summed E-state index contributed by atoms with van der Waals surface area (Å²) in [5, 5.41) is 3.49. The number of aromatic nitrogens is 2. The second-order valence-corrected chi connectivity index (χ2v) is 4.31. The van der Waals surface area contributed by atoms with E-state index < -0.39 is 0 Å². The van der Waals surface area contributed by atoms with Crippen molar-refractivity contribution in [2.75, 3.05) is 11.9 Å². The Labute approximate surface area is 110 Å². The fourth-order valence-corrected chi connectivity index (χ4v) is 1.91. The van der Waals surface area contributed by atoms with Gasteiger partial charge in [0, 0.05) is 35.1 Å². The molecule has 0 saturated heterocycles. The van der Waals surface area contributed by atoms with Crippen LogP contribution < -0.4 is 5.32 Å². The van der Waals surface area contributed by atoms with Gasteiger partial charge in [-0.25, -0.2) is 14.4 Å². The van der Waals surface area contributed by atoms with Gasteiger partial charge in [0.25, 0.3) is 0 Å². The van der Waals surface area contributed by atoms with Gasteiger partial charge in [0.1, 0.15) is 5.82 Å². The SMILES string of the molecule is CCNc1ncc(-c2cc(F)c(C)cc2Cl)cn1. The molecule has 1 aromatic heterocycles. The molecule has 2 aromatic rings. The fraction of sp³-hybridized carbons (Fsp3) is 0.231. The van der Waals surface area contributed by atoms with Gasteiger partial charge in [-0.15, -0.1) is 0 Å². The minimum absolute atomic E-state index is 0.287. The molecule has 1 aromatic carbocycles. The zero-order valence-electron chi connectivity index (χ0n) is 10.2. The summed E-state index contributed by atoms with van der Waals surface area (Å²) in [7, 11) is 0. The number of nitrogens with one attached hydrogen (secondary N) is 1. The van der Waals surface area contributed by atoms with Gasteiger partial charge in [-0.2, -0.15) is 0 Å². The highest BCUT2D eigenvalue weighted by Crippen LogP contribution is 2.29. The van der Waals surface area contributed by atoms with Crippen LogP contribution in [-0.4, -0.2) is 16.5 Å². The maximum atomic E-state index is 13.5. The van der Waals surface area contributed by atoms with Crippen molar-refractivity contribution in [1.29, 1.82) is 0 Å². The molecule has 18 heavy (non-hydrogen) atoms. The van der Waals surface area contributed by atoms with Crippen molar-refractivity contribution in [3.63, 3.8) is 0 Å². The molecule has 0 bridgehead atoms. The third-order valence-electron chi connectivity index (χ3n) is 2.55.